The fourth-order valence-corrected chi connectivity index (χ4v) is 2.81. The molecule has 0 N–H and O–H groups in total. The molecule has 0 unspecified atom stereocenters. The van der Waals surface area contributed by atoms with Gasteiger partial charge in [-0.2, -0.15) is 0 Å². The maximum atomic E-state index is 4.84. The van der Waals surface area contributed by atoms with Gasteiger partial charge in [0.1, 0.15) is 0 Å². The van der Waals surface area contributed by atoms with E-state index in [9.17, 15) is 0 Å². The molecule has 0 atom stereocenters. The van der Waals surface area contributed by atoms with Gasteiger partial charge in [0.25, 0.3) is 0 Å². The Balaban J connectivity index is 2.50. The monoisotopic (exact) mass is 264 g/mol. The Labute approximate surface area is 119 Å². The van der Waals surface area contributed by atoms with Crippen molar-refractivity contribution >= 4 is 21.8 Å². The lowest BCUT2D eigenvalue weighted by Gasteiger charge is -2.10. The molecule has 2 nitrogen and oxygen atoms in total. The van der Waals surface area contributed by atoms with Gasteiger partial charge >= 0.3 is 0 Å². The van der Waals surface area contributed by atoms with Gasteiger partial charge in [-0.25, -0.2) is 0 Å². The van der Waals surface area contributed by atoms with Crippen LogP contribution in [0.1, 0.15) is 36.4 Å². The molecule has 0 saturated carbocycles. The fourth-order valence-electron chi connectivity index (χ4n) is 2.81. The number of rotatable bonds is 2. The second-order valence-corrected chi connectivity index (χ2v) is 5.43. The van der Waals surface area contributed by atoms with Gasteiger partial charge in [-0.1, -0.05) is 26.0 Å². The average Bonchev–Trinajstić information content (AvgIpc) is 2.46. The zero-order valence-electron chi connectivity index (χ0n) is 12.6. The van der Waals surface area contributed by atoms with Gasteiger partial charge in [0.05, 0.1) is 11.0 Å². The Morgan fingerprint density at radius 3 is 1.50 bits per heavy atom. The van der Waals surface area contributed by atoms with Gasteiger partial charge < -0.3 is 0 Å². The van der Waals surface area contributed by atoms with Crippen molar-refractivity contribution in [3.63, 3.8) is 0 Å². The van der Waals surface area contributed by atoms with Crippen LogP contribution in [0.3, 0.4) is 0 Å². The van der Waals surface area contributed by atoms with Crippen LogP contribution in [0.25, 0.3) is 21.8 Å². The lowest BCUT2D eigenvalue weighted by molar-refractivity contribution is 1.04. The molecule has 0 aliphatic carbocycles. The van der Waals surface area contributed by atoms with Gasteiger partial charge in [-0.3, -0.25) is 9.97 Å². The van der Waals surface area contributed by atoms with E-state index in [1.807, 2.05) is 0 Å². The van der Waals surface area contributed by atoms with E-state index in [2.05, 4.69) is 52.0 Å². The molecule has 0 radical (unpaired) electrons. The van der Waals surface area contributed by atoms with Crippen molar-refractivity contribution < 1.29 is 0 Å². The molecular weight excluding hydrogens is 244 g/mol. The molecule has 20 heavy (non-hydrogen) atoms. The van der Waals surface area contributed by atoms with Gasteiger partial charge in [0.2, 0.25) is 0 Å². The maximum Gasteiger partial charge on any atom is 0.0970 e. The predicted molar refractivity (Wildman–Crippen MR) is 85.3 cm³/mol. The molecule has 102 valence electrons. The Morgan fingerprint density at radius 1 is 0.750 bits per heavy atom. The molecule has 0 amide bonds. The van der Waals surface area contributed by atoms with Crippen LogP contribution in [0.5, 0.6) is 0 Å². The van der Waals surface area contributed by atoms with Gasteiger partial charge in [-0.15, -0.1) is 0 Å². The SMILES string of the molecule is CCc1cc(C)c2ccc3c(C)cc(CC)nc3c2n1. The smallest absolute Gasteiger partial charge is 0.0970 e. The molecule has 1 aromatic carbocycles. The highest BCUT2D eigenvalue weighted by atomic mass is 14.8. The molecule has 3 aromatic rings. The molecule has 0 aliphatic rings. The number of fused-ring (bicyclic) bond motifs is 3. The summed E-state index contributed by atoms with van der Waals surface area (Å²) in [5.74, 6) is 0. The summed E-state index contributed by atoms with van der Waals surface area (Å²) in [6.45, 7) is 8.61. The summed E-state index contributed by atoms with van der Waals surface area (Å²) >= 11 is 0. The summed E-state index contributed by atoms with van der Waals surface area (Å²) in [4.78, 5) is 9.67. The van der Waals surface area contributed by atoms with E-state index in [0.29, 0.717) is 0 Å². The van der Waals surface area contributed by atoms with Crippen LogP contribution in [0, 0.1) is 13.8 Å². The topological polar surface area (TPSA) is 25.8 Å². The summed E-state index contributed by atoms with van der Waals surface area (Å²) in [6.07, 6.45) is 1.92. The Hall–Kier alpha value is -1.96. The minimum atomic E-state index is 0.958. The first-order valence-electron chi connectivity index (χ1n) is 7.33. The zero-order valence-corrected chi connectivity index (χ0v) is 12.6. The fraction of sp³-hybridized carbons (Fsp3) is 0.333. The number of benzene rings is 1. The second-order valence-electron chi connectivity index (χ2n) is 5.43. The maximum absolute atomic E-state index is 4.84. The molecule has 2 aromatic heterocycles. The third kappa shape index (κ3) is 1.96. The number of hydrogen-bond acceptors (Lipinski definition) is 2. The van der Waals surface area contributed by atoms with Crippen LogP contribution >= 0.6 is 0 Å². The molecule has 0 aliphatic heterocycles. The Kier molecular flexibility index (Phi) is 3.17. The van der Waals surface area contributed by atoms with Crippen LogP contribution in [0.2, 0.25) is 0 Å². The summed E-state index contributed by atoms with van der Waals surface area (Å²) in [5.41, 5.74) is 6.97. The van der Waals surface area contributed by atoms with Crippen molar-refractivity contribution in [3.8, 4) is 0 Å². The lowest BCUT2D eigenvalue weighted by Crippen LogP contribution is -1.96. The van der Waals surface area contributed by atoms with E-state index < -0.39 is 0 Å². The lowest BCUT2D eigenvalue weighted by atomic mass is 10.0. The van der Waals surface area contributed by atoms with Gasteiger partial charge in [0.15, 0.2) is 0 Å². The normalized spacial score (nSPS) is 11.4. The molecule has 2 heteroatoms. The van der Waals surface area contributed by atoms with Crippen molar-refractivity contribution in [2.24, 2.45) is 0 Å². The highest BCUT2D eigenvalue weighted by Gasteiger charge is 2.10. The largest absolute Gasteiger partial charge is 0.251 e. The Bertz CT molecular complexity index is 735. The van der Waals surface area contributed by atoms with E-state index in [1.165, 1.54) is 21.9 Å². The van der Waals surface area contributed by atoms with Crippen LogP contribution in [-0.2, 0) is 12.8 Å². The van der Waals surface area contributed by atoms with Crippen molar-refractivity contribution in [3.05, 3.63) is 46.8 Å². The third-order valence-electron chi connectivity index (χ3n) is 4.00. The first-order valence-corrected chi connectivity index (χ1v) is 7.33. The quantitative estimate of drug-likeness (QED) is 0.636. The Morgan fingerprint density at radius 2 is 1.15 bits per heavy atom. The van der Waals surface area contributed by atoms with Crippen molar-refractivity contribution in [1.29, 1.82) is 0 Å². The molecule has 0 fully saturated rings. The third-order valence-corrected chi connectivity index (χ3v) is 4.00. The van der Waals surface area contributed by atoms with Crippen molar-refractivity contribution in [1.82, 2.24) is 9.97 Å². The second kappa shape index (κ2) is 4.86. The summed E-state index contributed by atoms with van der Waals surface area (Å²) in [6, 6.07) is 8.73. The number of aromatic nitrogens is 2. The number of pyridine rings is 2. The van der Waals surface area contributed by atoms with Gasteiger partial charge in [0, 0.05) is 22.2 Å². The van der Waals surface area contributed by atoms with E-state index in [-0.39, 0.29) is 0 Å². The number of nitrogens with zero attached hydrogens (tertiary/aromatic N) is 2. The number of aryl methyl sites for hydroxylation is 4. The van der Waals surface area contributed by atoms with E-state index in [0.717, 1.165) is 35.3 Å². The first kappa shape index (κ1) is 13.0. The van der Waals surface area contributed by atoms with Crippen LogP contribution in [0.4, 0.5) is 0 Å². The molecule has 0 saturated heterocycles. The highest BCUT2D eigenvalue weighted by Crippen LogP contribution is 2.28. The summed E-state index contributed by atoms with van der Waals surface area (Å²) in [7, 11) is 0. The standard InChI is InChI=1S/C18H20N2/c1-5-13-9-11(3)15-7-8-16-12(4)10-14(6-2)20-18(16)17(15)19-13/h7-10H,5-6H2,1-4H3. The average molecular weight is 264 g/mol. The van der Waals surface area contributed by atoms with Crippen LogP contribution in [0.15, 0.2) is 24.3 Å². The van der Waals surface area contributed by atoms with Gasteiger partial charge in [-0.05, 0) is 49.9 Å². The van der Waals surface area contributed by atoms with E-state index in [1.54, 1.807) is 0 Å². The summed E-state index contributed by atoms with van der Waals surface area (Å²) in [5, 5.41) is 2.43. The molecule has 2 heterocycles. The molecular formula is C18H20N2. The van der Waals surface area contributed by atoms with Crippen LogP contribution in [-0.4, -0.2) is 9.97 Å². The highest BCUT2D eigenvalue weighted by molar-refractivity contribution is 6.05. The number of hydrogen-bond donors (Lipinski definition) is 0. The zero-order chi connectivity index (χ0) is 14.3. The molecule has 3 rings (SSSR count). The van der Waals surface area contributed by atoms with E-state index >= 15 is 0 Å². The van der Waals surface area contributed by atoms with Crippen molar-refractivity contribution in [2.75, 3.05) is 0 Å². The predicted octanol–water partition coefficient (Wildman–Crippen LogP) is 4.52. The van der Waals surface area contributed by atoms with E-state index in [4.69, 9.17) is 9.97 Å². The van der Waals surface area contributed by atoms with Crippen molar-refractivity contribution in [2.45, 2.75) is 40.5 Å². The molecule has 0 bridgehead atoms. The first-order chi connectivity index (χ1) is 9.63. The minimum absolute atomic E-state index is 0.958. The summed E-state index contributed by atoms with van der Waals surface area (Å²) < 4.78 is 0. The van der Waals surface area contributed by atoms with Crippen LogP contribution < -0.4 is 0 Å². The molecule has 0 spiro atoms. The minimum Gasteiger partial charge on any atom is -0.251 e.